The summed E-state index contributed by atoms with van der Waals surface area (Å²) in [4.78, 5) is 9.36. The molecule has 162 valence electrons. The number of aliphatic imine (C=N–C) groups is 1. The Bertz CT molecular complexity index is 1350. The summed E-state index contributed by atoms with van der Waals surface area (Å²) in [5.74, 6) is 2.93. The topological polar surface area (TPSA) is 106 Å². The summed E-state index contributed by atoms with van der Waals surface area (Å²) >= 11 is 0. The number of ether oxygens (including phenoxy) is 4. The van der Waals surface area contributed by atoms with Crippen LogP contribution in [0.5, 0.6) is 23.0 Å². The number of nitriles is 1. The molecule has 0 bridgehead atoms. The third kappa shape index (κ3) is 3.58. The van der Waals surface area contributed by atoms with Crippen LogP contribution in [0.25, 0.3) is 16.9 Å². The highest BCUT2D eigenvalue weighted by Crippen LogP contribution is 2.37. The first-order valence-electron chi connectivity index (χ1n) is 9.62. The summed E-state index contributed by atoms with van der Waals surface area (Å²) in [6.07, 6.45) is 3.29. The highest BCUT2D eigenvalue weighted by molar-refractivity contribution is 5.86. The van der Waals surface area contributed by atoms with E-state index in [2.05, 4.69) is 21.1 Å². The smallest absolute Gasteiger partial charge is 0.180 e. The van der Waals surface area contributed by atoms with Crippen molar-refractivity contribution in [2.75, 3.05) is 28.4 Å². The molecule has 2 heterocycles. The van der Waals surface area contributed by atoms with E-state index in [0.717, 1.165) is 11.1 Å². The van der Waals surface area contributed by atoms with Crippen molar-refractivity contribution in [3.63, 3.8) is 0 Å². The number of aromatic nitrogens is 3. The Morgan fingerprint density at radius 3 is 2.25 bits per heavy atom. The fourth-order valence-corrected chi connectivity index (χ4v) is 3.36. The molecule has 32 heavy (non-hydrogen) atoms. The lowest BCUT2D eigenvalue weighted by Crippen LogP contribution is -1.93. The van der Waals surface area contributed by atoms with Crippen molar-refractivity contribution in [3.8, 4) is 40.3 Å². The molecule has 0 spiro atoms. The molecule has 4 rings (SSSR count). The van der Waals surface area contributed by atoms with Crippen LogP contribution >= 0.6 is 0 Å². The maximum Gasteiger partial charge on any atom is 0.180 e. The summed E-state index contributed by atoms with van der Waals surface area (Å²) in [6, 6.07) is 13.1. The second-order valence-electron chi connectivity index (χ2n) is 6.68. The van der Waals surface area contributed by atoms with Crippen LogP contribution in [0, 0.1) is 11.3 Å². The van der Waals surface area contributed by atoms with E-state index in [-0.39, 0.29) is 0 Å². The number of fused-ring (bicyclic) bond motifs is 1. The van der Waals surface area contributed by atoms with Gasteiger partial charge in [0.2, 0.25) is 0 Å². The van der Waals surface area contributed by atoms with Crippen molar-refractivity contribution in [2.45, 2.75) is 0 Å². The average Bonchev–Trinajstić information content (AvgIpc) is 3.41. The zero-order valence-corrected chi connectivity index (χ0v) is 18.0. The Morgan fingerprint density at radius 1 is 0.938 bits per heavy atom. The van der Waals surface area contributed by atoms with Crippen LogP contribution in [0.2, 0.25) is 0 Å². The Hall–Kier alpha value is -4.45. The second-order valence-corrected chi connectivity index (χ2v) is 6.68. The predicted octanol–water partition coefficient (Wildman–Crippen LogP) is 3.99. The Kier molecular flexibility index (Phi) is 5.68. The quantitative estimate of drug-likeness (QED) is 0.444. The number of benzene rings is 2. The molecule has 1 N–H and O–H groups in total. The molecule has 0 amide bonds. The molecule has 0 saturated carbocycles. The first-order chi connectivity index (χ1) is 15.6. The summed E-state index contributed by atoms with van der Waals surface area (Å²) in [6.45, 7) is 0. The van der Waals surface area contributed by atoms with Gasteiger partial charge < -0.3 is 18.9 Å². The number of nitrogens with zero attached hydrogens (tertiary/aromatic N) is 4. The molecule has 9 nitrogen and oxygen atoms in total. The molecular weight excluding hydrogens is 410 g/mol. The zero-order valence-electron chi connectivity index (χ0n) is 18.0. The third-order valence-electron chi connectivity index (χ3n) is 4.95. The van der Waals surface area contributed by atoms with Gasteiger partial charge in [0, 0.05) is 18.0 Å². The van der Waals surface area contributed by atoms with Crippen LogP contribution in [0.4, 0.5) is 5.82 Å². The Labute approximate surface area is 184 Å². The third-order valence-corrected chi connectivity index (χ3v) is 4.95. The molecule has 0 aliphatic carbocycles. The first kappa shape index (κ1) is 20.8. The first-order valence-corrected chi connectivity index (χ1v) is 9.62. The lowest BCUT2D eigenvalue weighted by molar-refractivity contribution is 0.355. The number of imidazole rings is 1. The largest absolute Gasteiger partial charge is 0.493 e. The molecule has 2 aromatic heterocycles. The average molecular weight is 431 g/mol. The van der Waals surface area contributed by atoms with Gasteiger partial charge in [0.05, 0.1) is 28.4 Å². The summed E-state index contributed by atoms with van der Waals surface area (Å²) in [5, 5.41) is 12.5. The second kappa shape index (κ2) is 8.73. The maximum atomic E-state index is 9.44. The minimum absolute atomic E-state index is 0.416. The van der Waals surface area contributed by atoms with Gasteiger partial charge in [-0.25, -0.2) is 14.5 Å². The van der Waals surface area contributed by atoms with E-state index in [9.17, 15) is 5.26 Å². The van der Waals surface area contributed by atoms with E-state index in [1.807, 2.05) is 30.3 Å². The van der Waals surface area contributed by atoms with Gasteiger partial charge in [0.25, 0.3) is 0 Å². The molecule has 0 fully saturated rings. The molecule has 9 heteroatoms. The van der Waals surface area contributed by atoms with Crippen molar-refractivity contribution in [1.82, 2.24) is 14.6 Å². The fraction of sp³-hybridized carbons (Fsp3) is 0.174. The summed E-state index contributed by atoms with van der Waals surface area (Å²) < 4.78 is 23.1. The fourth-order valence-electron chi connectivity index (χ4n) is 3.36. The van der Waals surface area contributed by atoms with Gasteiger partial charge in [-0.1, -0.05) is 0 Å². The van der Waals surface area contributed by atoms with Crippen LogP contribution < -0.4 is 18.9 Å². The standard InChI is InChI=1S/C23H21N5O4/c1-29-17-7-5-14(9-19(17)31-3)12-25-23-21(27-22-16(11-24)13-26-28(22)23)15-6-8-18(30-2)20(10-15)32-4/h5-10,12-13,26H,1-4H3/b25-12+. The predicted molar refractivity (Wildman–Crippen MR) is 120 cm³/mol. The van der Waals surface area contributed by atoms with Gasteiger partial charge in [-0.15, -0.1) is 0 Å². The van der Waals surface area contributed by atoms with E-state index in [0.29, 0.717) is 45.7 Å². The number of H-pyrrole nitrogens is 1. The number of methoxy groups -OCH3 is 4. The monoisotopic (exact) mass is 431 g/mol. The van der Waals surface area contributed by atoms with Crippen LogP contribution in [0.15, 0.2) is 47.6 Å². The molecule has 4 aromatic rings. The van der Waals surface area contributed by atoms with Crippen LogP contribution in [0.3, 0.4) is 0 Å². The van der Waals surface area contributed by atoms with Gasteiger partial charge in [0.15, 0.2) is 34.5 Å². The highest BCUT2D eigenvalue weighted by atomic mass is 16.5. The van der Waals surface area contributed by atoms with Gasteiger partial charge >= 0.3 is 0 Å². The van der Waals surface area contributed by atoms with E-state index in [1.165, 1.54) is 0 Å². The lowest BCUT2D eigenvalue weighted by atomic mass is 10.1. The number of rotatable bonds is 7. The molecule has 0 aliphatic rings. The van der Waals surface area contributed by atoms with Crippen LogP contribution in [-0.2, 0) is 0 Å². The molecule has 0 unspecified atom stereocenters. The van der Waals surface area contributed by atoms with Crippen molar-refractivity contribution < 1.29 is 18.9 Å². The summed E-state index contributed by atoms with van der Waals surface area (Å²) in [5.41, 5.74) is 3.06. The van der Waals surface area contributed by atoms with Gasteiger partial charge in [-0.05, 0) is 42.0 Å². The molecule has 0 atom stereocenters. The SMILES string of the molecule is COc1ccc(/C=N/c2c(-c3ccc(OC)c(OC)c3)nc3c(C#N)c[nH]n23)cc1OC. The maximum absolute atomic E-state index is 9.44. The zero-order chi connectivity index (χ0) is 22.7. The van der Waals surface area contributed by atoms with Gasteiger partial charge in [0.1, 0.15) is 17.3 Å². The van der Waals surface area contributed by atoms with Crippen LogP contribution in [-0.4, -0.2) is 49.3 Å². The minimum Gasteiger partial charge on any atom is -0.493 e. The number of hydrogen-bond acceptors (Lipinski definition) is 7. The number of hydrogen-bond donors (Lipinski definition) is 1. The highest BCUT2D eigenvalue weighted by Gasteiger charge is 2.19. The lowest BCUT2D eigenvalue weighted by Gasteiger charge is -2.09. The van der Waals surface area contributed by atoms with E-state index in [4.69, 9.17) is 18.9 Å². The number of nitrogens with one attached hydrogen (secondary N) is 1. The van der Waals surface area contributed by atoms with Crippen LogP contribution in [0.1, 0.15) is 11.1 Å². The summed E-state index contributed by atoms with van der Waals surface area (Å²) in [7, 11) is 6.32. The molecular formula is C23H21N5O4. The molecule has 0 radical (unpaired) electrons. The molecule has 2 aromatic carbocycles. The minimum atomic E-state index is 0.416. The van der Waals surface area contributed by atoms with Crippen molar-refractivity contribution in [2.24, 2.45) is 4.99 Å². The van der Waals surface area contributed by atoms with Crippen molar-refractivity contribution in [3.05, 3.63) is 53.7 Å². The van der Waals surface area contributed by atoms with Gasteiger partial charge in [-0.2, -0.15) is 5.26 Å². The van der Waals surface area contributed by atoms with E-state index < -0.39 is 0 Å². The van der Waals surface area contributed by atoms with Crippen molar-refractivity contribution in [1.29, 1.82) is 5.26 Å². The van der Waals surface area contributed by atoms with E-state index in [1.54, 1.807) is 51.4 Å². The Balaban J connectivity index is 1.85. The Morgan fingerprint density at radius 2 is 1.59 bits per heavy atom. The van der Waals surface area contributed by atoms with Gasteiger partial charge in [-0.3, -0.25) is 5.10 Å². The molecule has 0 aliphatic heterocycles. The van der Waals surface area contributed by atoms with E-state index >= 15 is 0 Å². The number of aromatic amines is 1. The molecule has 0 saturated heterocycles. The normalized spacial score (nSPS) is 11.0. The van der Waals surface area contributed by atoms with Crippen molar-refractivity contribution >= 4 is 17.7 Å².